The highest BCUT2D eigenvalue weighted by molar-refractivity contribution is 5.25. The van der Waals surface area contributed by atoms with Gasteiger partial charge in [0.2, 0.25) is 0 Å². The van der Waals surface area contributed by atoms with E-state index in [4.69, 9.17) is 0 Å². The van der Waals surface area contributed by atoms with Crippen LogP contribution in [0.1, 0.15) is 61.5 Å². The number of halogens is 3. The molecule has 0 amide bonds. The van der Waals surface area contributed by atoms with Gasteiger partial charge in [0.1, 0.15) is 0 Å². The second kappa shape index (κ2) is 6.86. The number of fused-ring (bicyclic) bond motifs is 1. The first kappa shape index (κ1) is 16.7. The maximum Gasteiger partial charge on any atom is 0.194 e. The Kier molecular flexibility index (Phi) is 4.58. The molecule has 0 N–H and O–H groups in total. The molecule has 3 heteroatoms. The monoisotopic (exact) mass is 344 g/mol. The van der Waals surface area contributed by atoms with E-state index in [0.717, 1.165) is 19.3 Å². The summed E-state index contributed by atoms with van der Waals surface area (Å²) < 4.78 is 40.3. The van der Waals surface area contributed by atoms with Crippen LogP contribution in [0.4, 0.5) is 13.2 Å². The number of benzene rings is 2. The van der Waals surface area contributed by atoms with Crippen LogP contribution in [0, 0.1) is 29.3 Å². The third-order valence-corrected chi connectivity index (χ3v) is 6.36. The van der Waals surface area contributed by atoms with Crippen LogP contribution in [0.15, 0.2) is 42.5 Å². The summed E-state index contributed by atoms with van der Waals surface area (Å²) in [6.07, 6.45) is 6.58. The molecule has 25 heavy (non-hydrogen) atoms. The van der Waals surface area contributed by atoms with E-state index in [1.165, 1.54) is 37.0 Å². The fourth-order valence-corrected chi connectivity index (χ4v) is 5.03. The Bertz CT molecular complexity index is 717. The quantitative estimate of drug-likeness (QED) is 0.540. The Morgan fingerprint density at radius 2 is 1.16 bits per heavy atom. The van der Waals surface area contributed by atoms with Crippen molar-refractivity contribution in [1.82, 2.24) is 0 Å². The van der Waals surface area contributed by atoms with E-state index in [1.54, 1.807) is 0 Å². The van der Waals surface area contributed by atoms with Gasteiger partial charge in [-0.15, -0.1) is 0 Å². The minimum Gasteiger partial charge on any atom is -0.204 e. The summed E-state index contributed by atoms with van der Waals surface area (Å²) in [6, 6.07) is 13.1. The van der Waals surface area contributed by atoms with E-state index in [-0.39, 0.29) is 5.92 Å². The Morgan fingerprint density at radius 3 is 1.72 bits per heavy atom. The Labute approximate surface area is 147 Å². The van der Waals surface area contributed by atoms with Crippen LogP contribution in [0.25, 0.3) is 0 Å². The van der Waals surface area contributed by atoms with Crippen molar-refractivity contribution in [3.63, 3.8) is 0 Å². The summed E-state index contributed by atoms with van der Waals surface area (Å²) >= 11 is 0. The van der Waals surface area contributed by atoms with Crippen LogP contribution in [-0.4, -0.2) is 0 Å². The molecule has 0 aromatic heterocycles. The van der Waals surface area contributed by atoms with Gasteiger partial charge in [-0.25, -0.2) is 13.2 Å². The molecular weight excluding hydrogens is 321 g/mol. The second-order valence-corrected chi connectivity index (χ2v) is 7.75. The molecule has 2 aliphatic carbocycles. The van der Waals surface area contributed by atoms with E-state index in [9.17, 15) is 13.2 Å². The maximum absolute atomic E-state index is 13.6. The third kappa shape index (κ3) is 3.33. The lowest BCUT2D eigenvalue weighted by Crippen LogP contribution is -2.30. The van der Waals surface area contributed by atoms with Crippen LogP contribution in [0.2, 0.25) is 0 Å². The van der Waals surface area contributed by atoms with Gasteiger partial charge in [0.25, 0.3) is 0 Å². The van der Waals surface area contributed by atoms with Crippen molar-refractivity contribution in [3.05, 3.63) is 71.0 Å². The maximum atomic E-state index is 13.6. The molecule has 0 nitrogen and oxygen atoms in total. The topological polar surface area (TPSA) is 0 Å². The fraction of sp³-hybridized carbons (Fsp3) is 0.455. The van der Waals surface area contributed by atoms with Crippen molar-refractivity contribution >= 4 is 0 Å². The molecule has 2 saturated carbocycles. The van der Waals surface area contributed by atoms with Crippen molar-refractivity contribution in [2.75, 3.05) is 0 Å². The van der Waals surface area contributed by atoms with Crippen molar-refractivity contribution in [2.24, 2.45) is 11.8 Å². The van der Waals surface area contributed by atoms with E-state index in [2.05, 4.69) is 30.3 Å². The predicted molar refractivity (Wildman–Crippen MR) is 92.9 cm³/mol. The van der Waals surface area contributed by atoms with Crippen LogP contribution < -0.4 is 0 Å². The summed E-state index contributed by atoms with van der Waals surface area (Å²) in [5.74, 6) is -1.38. The average Bonchev–Trinajstić information content (AvgIpc) is 2.65. The van der Waals surface area contributed by atoms with Gasteiger partial charge in [-0.2, -0.15) is 0 Å². The summed E-state index contributed by atoms with van der Waals surface area (Å²) in [4.78, 5) is 0. The predicted octanol–water partition coefficient (Wildman–Crippen LogP) is 6.57. The molecular formula is C22H23F3. The zero-order valence-corrected chi connectivity index (χ0v) is 14.2. The molecule has 4 rings (SSSR count). The molecule has 2 aromatic rings. The van der Waals surface area contributed by atoms with Crippen LogP contribution in [0.5, 0.6) is 0 Å². The fourth-order valence-electron chi connectivity index (χ4n) is 5.03. The van der Waals surface area contributed by atoms with E-state index >= 15 is 0 Å². The highest BCUT2D eigenvalue weighted by atomic mass is 19.2. The minimum atomic E-state index is -1.36. The summed E-state index contributed by atoms with van der Waals surface area (Å²) in [7, 11) is 0. The molecule has 0 spiro atoms. The molecule has 4 unspecified atom stereocenters. The molecule has 2 fully saturated rings. The van der Waals surface area contributed by atoms with Crippen molar-refractivity contribution < 1.29 is 13.2 Å². The van der Waals surface area contributed by atoms with Crippen LogP contribution in [0.3, 0.4) is 0 Å². The largest absolute Gasteiger partial charge is 0.204 e. The molecule has 0 saturated heterocycles. The van der Waals surface area contributed by atoms with Gasteiger partial charge >= 0.3 is 0 Å². The highest BCUT2D eigenvalue weighted by Gasteiger charge is 2.36. The standard InChI is InChI=1S/C22H23F3/c23-20-12-19(13-21(24)22(20)25)18-9-8-16-10-15(6-7-17(16)11-18)14-4-2-1-3-5-14/h1-5,12-13,15-18H,6-11H2. The smallest absolute Gasteiger partial charge is 0.194 e. The van der Waals surface area contributed by atoms with Gasteiger partial charge in [0.15, 0.2) is 17.5 Å². The van der Waals surface area contributed by atoms with Crippen molar-refractivity contribution in [1.29, 1.82) is 0 Å². The van der Waals surface area contributed by atoms with Crippen molar-refractivity contribution in [3.8, 4) is 0 Å². The average molecular weight is 344 g/mol. The van der Waals surface area contributed by atoms with Crippen molar-refractivity contribution in [2.45, 2.75) is 50.4 Å². The van der Waals surface area contributed by atoms with Gasteiger partial charge in [0, 0.05) is 0 Å². The molecule has 132 valence electrons. The zero-order chi connectivity index (χ0) is 17.4. The summed E-state index contributed by atoms with van der Waals surface area (Å²) in [5.41, 5.74) is 2.06. The Hall–Kier alpha value is -1.77. The Morgan fingerprint density at radius 1 is 0.640 bits per heavy atom. The van der Waals surface area contributed by atoms with E-state index in [1.807, 2.05) is 0 Å². The van der Waals surface area contributed by atoms with Crippen LogP contribution in [-0.2, 0) is 0 Å². The third-order valence-electron chi connectivity index (χ3n) is 6.36. The number of rotatable bonds is 2. The molecule has 0 heterocycles. The molecule has 0 bridgehead atoms. The number of hydrogen-bond acceptors (Lipinski definition) is 0. The molecule has 4 atom stereocenters. The minimum absolute atomic E-state index is 0.152. The second-order valence-electron chi connectivity index (χ2n) is 7.75. The summed E-state index contributed by atoms with van der Waals surface area (Å²) in [5, 5.41) is 0. The van der Waals surface area contributed by atoms with Gasteiger partial charge in [-0.3, -0.25) is 0 Å². The first-order chi connectivity index (χ1) is 12.1. The van der Waals surface area contributed by atoms with E-state index < -0.39 is 17.5 Å². The van der Waals surface area contributed by atoms with Gasteiger partial charge in [0.05, 0.1) is 0 Å². The number of hydrogen-bond donors (Lipinski definition) is 0. The first-order valence-corrected chi connectivity index (χ1v) is 9.31. The molecule has 2 aromatic carbocycles. The van der Waals surface area contributed by atoms with Gasteiger partial charge in [-0.05, 0) is 85.5 Å². The summed E-state index contributed by atoms with van der Waals surface area (Å²) in [6.45, 7) is 0. The molecule has 0 radical (unpaired) electrons. The molecule has 0 aliphatic heterocycles. The lowest BCUT2D eigenvalue weighted by molar-refractivity contribution is 0.141. The van der Waals surface area contributed by atoms with E-state index in [0.29, 0.717) is 23.3 Å². The SMILES string of the molecule is Fc1cc(C2CCC3CC(c4ccccc4)CCC3C2)cc(F)c1F. The van der Waals surface area contributed by atoms with Gasteiger partial charge < -0.3 is 0 Å². The van der Waals surface area contributed by atoms with Crippen LogP contribution >= 0.6 is 0 Å². The first-order valence-electron chi connectivity index (χ1n) is 9.31. The zero-order valence-electron chi connectivity index (χ0n) is 14.2. The lowest BCUT2D eigenvalue weighted by Gasteiger charge is -2.42. The Balaban J connectivity index is 1.45. The lowest BCUT2D eigenvalue weighted by atomic mass is 9.63. The molecule has 2 aliphatic rings. The highest BCUT2D eigenvalue weighted by Crippen LogP contribution is 2.49. The van der Waals surface area contributed by atoms with Gasteiger partial charge in [-0.1, -0.05) is 30.3 Å². The normalized spacial score (nSPS) is 29.2.